The molecule has 1 fully saturated rings. The van der Waals surface area contributed by atoms with Crippen molar-refractivity contribution in [2.24, 2.45) is 0 Å². The first kappa shape index (κ1) is 17.5. The Kier molecular flexibility index (Phi) is 4.80. The van der Waals surface area contributed by atoms with Crippen LogP contribution in [0.4, 0.5) is 30.5 Å². The van der Waals surface area contributed by atoms with Crippen LogP contribution in [0, 0.1) is 0 Å². The number of halogens is 3. The van der Waals surface area contributed by atoms with Crippen LogP contribution in [-0.2, 0) is 10.9 Å². The van der Waals surface area contributed by atoms with Crippen LogP contribution in [0.3, 0.4) is 0 Å². The molecule has 1 aliphatic rings. The highest BCUT2D eigenvalue weighted by molar-refractivity contribution is 5.59. The highest BCUT2D eigenvalue weighted by Gasteiger charge is 2.32. The van der Waals surface area contributed by atoms with Crippen molar-refractivity contribution in [2.45, 2.75) is 32.2 Å². The Morgan fingerprint density at radius 1 is 1.08 bits per heavy atom. The van der Waals surface area contributed by atoms with Crippen LogP contribution in [0.1, 0.15) is 19.5 Å². The zero-order chi connectivity index (χ0) is 18.0. The predicted octanol–water partition coefficient (Wildman–Crippen LogP) is 3.85. The lowest BCUT2D eigenvalue weighted by Gasteiger charge is -2.36. The van der Waals surface area contributed by atoms with Crippen molar-refractivity contribution in [1.29, 1.82) is 0 Å². The molecule has 3 rings (SSSR count). The van der Waals surface area contributed by atoms with Gasteiger partial charge in [0.2, 0.25) is 5.95 Å². The molecular weight excluding hydrogens is 333 g/mol. The van der Waals surface area contributed by atoms with Crippen LogP contribution in [0.2, 0.25) is 0 Å². The summed E-state index contributed by atoms with van der Waals surface area (Å²) in [7, 11) is 0. The average Bonchev–Trinajstić information content (AvgIpc) is 2.54. The van der Waals surface area contributed by atoms with Gasteiger partial charge in [0.1, 0.15) is 5.69 Å². The minimum absolute atomic E-state index is 0.0869. The monoisotopic (exact) mass is 352 g/mol. The molecule has 0 saturated carbocycles. The van der Waals surface area contributed by atoms with Crippen LogP contribution in [0.5, 0.6) is 0 Å². The number of anilines is 3. The first-order chi connectivity index (χ1) is 11.8. The van der Waals surface area contributed by atoms with E-state index in [2.05, 4.69) is 20.2 Å². The third-order valence-corrected chi connectivity index (χ3v) is 3.85. The van der Waals surface area contributed by atoms with Gasteiger partial charge in [-0.3, -0.25) is 0 Å². The molecule has 25 heavy (non-hydrogen) atoms. The number of aromatic nitrogens is 2. The van der Waals surface area contributed by atoms with Crippen LogP contribution >= 0.6 is 0 Å². The summed E-state index contributed by atoms with van der Waals surface area (Å²) >= 11 is 0. The highest BCUT2D eigenvalue weighted by Crippen LogP contribution is 2.28. The molecule has 1 aromatic carbocycles. The zero-order valence-corrected chi connectivity index (χ0v) is 13.9. The zero-order valence-electron chi connectivity index (χ0n) is 13.9. The number of hydrogen-bond donors (Lipinski definition) is 1. The third kappa shape index (κ3) is 4.39. The number of nitrogens with one attached hydrogen (secondary N) is 1. The molecule has 2 aromatic rings. The highest BCUT2D eigenvalue weighted by atomic mass is 19.4. The molecule has 0 amide bonds. The lowest BCUT2D eigenvalue weighted by molar-refractivity contribution is -0.141. The van der Waals surface area contributed by atoms with E-state index in [1.54, 1.807) is 12.1 Å². The molecule has 1 saturated heterocycles. The van der Waals surface area contributed by atoms with E-state index in [-0.39, 0.29) is 18.2 Å². The molecule has 0 unspecified atom stereocenters. The van der Waals surface area contributed by atoms with Gasteiger partial charge in [-0.05, 0) is 44.2 Å². The van der Waals surface area contributed by atoms with E-state index in [1.165, 1.54) is 0 Å². The van der Waals surface area contributed by atoms with Crippen molar-refractivity contribution >= 4 is 17.3 Å². The SMILES string of the molecule is C[C@@H]1CN(c2ccc(Nc3nccc(C(F)(F)F)n3)cc2)C[C@H](C)O1. The number of morpholine rings is 1. The number of rotatable bonds is 3. The molecule has 0 bridgehead atoms. The van der Waals surface area contributed by atoms with E-state index >= 15 is 0 Å². The van der Waals surface area contributed by atoms with Gasteiger partial charge in [-0.1, -0.05) is 0 Å². The van der Waals surface area contributed by atoms with E-state index in [4.69, 9.17) is 4.74 Å². The van der Waals surface area contributed by atoms with Crippen LogP contribution in [0.25, 0.3) is 0 Å². The molecule has 1 N–H and O–H groups in total. The fourth-order valence-corrected chi connectivity index (χ4v) is 2.85. The van der Waals surface area contributed by atoms with E-state index in [0.29, 0.717) is 5.69 Å². The topological polar surface area (TPSA) is 50.3 Å². The van der Waals surface area contributed by atoms with Gasteiger partial charge in [-0.25, -0.2) is 9.97 Å². The summed E-state index contributed by atoms with van der Waals surface area (Å²) in [5, 5.41) is 2.80. The molecule has 5 nitrogen and oxygen atoms in total. The Labute approximate surface area is 143 Å². The second-order valence-electron chi connectivity index (χ2n) is 6.10. The Morgan fingerprint density at radius 2 is 1.72 bits per heavy atom. The number of benzene rings is 1. The number of ether oxygens (including phenoxy) is 1. The van der Waals surface area contributed by atoms with Gasteiger partial charge in [0.15, 0.2) is 0 Å². The lowest BCUT2D eigenvalue weighted by atomic mass is 10.2. The first-order valence-electron chi connectivity index (χ1n) is 7.99. The maximum Gasteiger partial charge on any atom is 0.433 e. The molecule has 1 aromatic heterocycles. The normalized spacial score (nSPS) is 21.2. The Bertz CT molecular complexity index is 711. The summed E-state index contributed by atoms with van der Waals surface area (Å²) < 4.78 is 43.8. The van der Waals surface area contributed by atoms with Gasteiger partial charge in [0, 0.05) is 30.7 Å². The van der Waals surface area contributed by atoms with Gasteiger partial charge in [0.05, 0.1) is 12.2 Å². The molecular formula is C17H19F3N4O. The Hall–Kier alpha value is -2.35. The summed E-state index contributed by atoms with van der Waals surface area (Å²) in [6.45, 7) is 5.66. The number of hydrogen-bond acceptors (Lipinski definition) is 5. The van der Waals surface area contributed by atoms with Gasteiger partial charge < -0.3 is 15.0 Å². The summed E-state index contributed by atoms with van der Waals surface area (Å²) in [6, 6.07) is 8.27. The quantitative estimate of drug-likeness (QED) is 0.909. The maximum atomic E-state index is 12.7. The third-order valence-electron chi connectivity index (χ3n) is 3.85. The van der Waals surface area contributed by atoms with E-state index in [1.807, 2.05) is 26.0 Å². The van der Waals surface area contributed by atoms with Gasteiger partial charge >= 0.3 is 6.18 Å². The Morgan fingerprint density at radius 3 is 2.32 bits per heavy atom. The summed E-state index contributed by atoms with van der Waals surface area (Å²) in [6.07, 6.45) is -3.10. The molecule has 0 radical (unpaired) electrons. The fraction of sp³-hybridized carbons (Fsp3) is 0.412. The average molecular weight is 352 g/mol. The number of nitrogens with zero attached hydrogens (tertiary/aromatic N) is 3. The molecule has 0 aliphatic carbocycles. The van der Waals surface area contributed by atoms with E-state index in [0.717, 1.165) is 31.0 Å². The van der Waals surface area contributed by atoms with Crippen molar-refractivity contribution in [3.63, 3.8) is 0 Å². The Balaban J connectivity index is 1.71. The largest absolute Gasteiger partial charge is 0.433 e. The minimum atomic E-state index is -4.49. The smallest absolute Gasteiger partial charge is 0.372 e. The van der Waals surface area contributed by atoms with Crippen LogP contribution in [-0.4, -0.2) is 35.3 Å². The van der Waals surface area contributed by atoms with Gasteiger partial charge in [-0.15, -0.1) is 0 Å². The van der Waals surface area contributed by atoms with E-state index in [9.17, 15) is 13.2 Å². The maximum absolute atomic E-state index is 12.7. The standard InChI is InChI=1S/C17H19F3N4O/c1-11-9-24(10-12(2)25-11)14-5-3-13(4-6-14)22-16-21-8-7-15(23-16)17(18,19)20/h3-8,11-12H,9-10H2,1-2H3,(H,21,22,23)/t11-,12+. The molecule has 8 heteroatoms. The summed E-state index contributed by atoms with van der Waals surface area (Å²) in [4.78, 5) is 9.55. The molecule has 1 aliphatic heterocycles. The molecule has 0 spiro atoms. The van der Waals surface area contributed by atoms with Crippen molar-refractivity contribution in [2.75, 3.05) is 23.3 Å². The summed E-state index contributed by atoms with van der Waals surface area (Å²) in [5.41, 5.74) is 0.688. The van der Waals surface area contributed by atoms with E-state index < -0.39 is 11.9 Å². The predicted molar refractivity (Wildman–Crippen MR) is 89.0 cm³/mol. The molecule has 134 valence electrons. The first-order valence-corrected chi connectivity index (χ1v) is 7.99. The van der Waals surface area contributed by atoms with Crippen molar-refractivity contribution < 1.29 is 17.9 Å². The number of alkyl halides is 3. The molecule has 2 heterocycles. The lowest BCUT2D eigenvalue weighted by Crippen LogP contribution is -2.45. The second-order valence-corrected chi connectivity index (χ2v) is 6.10. The van der Waals surface area contributed by atoms with Crippen LogP contribution in [0.15, 0.2) is 36.5 Å². The van der Waals surface area contributed by atoms with Crippen molar-refractivity contribution in [1.82, 2.24) is 9.97 Å². The summed E-state index contributed by atoms with van der Waals surface area (Å²) in [5.74, 6) is -0.0869. The van der Waals surface area contributed by atoms with Gasteiger partial charge in [-0.2, -0.15) is 13.2 Å². The van der Waals surface area contributed by atoms with Crippen molar-refractivity contribution in [3.8, 4) is 0 Å². The van der Waals surface area contributed by atoms with Crippen LogP contribution < -0.4 is 10.2 Å². The molecule has 2 atom stereocenters. The second kappa shape index (κ2) is 6.87. The fourth-order valence-electron chi connectivity index (χ4n) is 2.85. The van der Waals surface area contributed by atoms with Crippen molar-refractivity contribution in [3.05, 3.63) is 42.2 Å². The minimum Gasteiger partial charge on any atom is -0.372 e. The van der Waals surface area contributed by atoms with Gasteiger partial charge in [0.25, 0.3) is 0 Å².